The van der Waals surface area contributed by atoms with E-state index in [4.69, 9.17) is 17.3 Å². The molecule has 0 radical (unpaired) electrons. The Bertz CT molecular complexity index is 880. The zero-order chi connectivity index (χ0) is 21.2. The van der Waals surface area contributed by atoms with Gasteiger partial charge in [0.2, 0.25) is 0 Å². The summed E-state index contributed by atoms with van der Waals surface area (Å²) in [4.78, 5) is 8.88. The number of nitrogens with two attached hydrogens (primary N) is 1. The standard InChI is InChI=1S/C17H17ClF5N5O/c18-11-4-2-1-3-10(11)7-25-13-12(24)14(28-6-5-16(19,20)8-28)27-15(26-13)29-9-17(21,22)23/h1-4H,5-9,24H2,(H,25,26,27). The number of anilines is 3. The molecule has 1 fully saturated rings. The first-order chi connectivity index (χ1) is 13.5. The number of alkyl halides is 5. The van der Waals surface area contributed by atoms with Gasteiger partial charge in [0, 0.05) is 24.5 Å². The van der Waals surface area contributed by atoms with Crippen LogP contribution in [0.15, 0.2) is 24.3 Å². The zero-order valence-electron chi connectivity index (χ0n) is 14.9. The van der Waals surface area contributed by atoms with Gasteiger partial charge in [-0.3, -0.25) is 0 Å². The molecule has 6 nitrogen and oxygen atoms in total. The lowest BCUT2D eigenvalue weighted by atomic mass is 10.2. The summed E-state index contributed by atoms with van der Waals surface area (Å²) in [7, 11) is 0. The third kappa shape index (κ3) is 5.49. The molecule has 1 aliphatic heterocycles. The molecule has 0 saturated carbocycles. The van der Waals surface area contributed by atoms with Crippen molar-refractivity contribution in [1.29, 1.82) is 0 Å². The van der Waals surface area contributed by atoms with Gasteiger partial charge in [-0.25, -0.2) is 8.78 Å². The number of nitrogens with one attached hydrogen (secondary N) is 1. The summed E-state index contributed by atoms with van der Waals surface area (Å²) in [5.74, 6) is -3.10. The Kier molecular flexibility index (Phi) is 5.87. The van der Waals surface area contributed by atoms with Crippen LogP contribution in [0.3, 0.4) is 0 Å². The van der Waals surface area contributed by atoms with E-state index in [1.54, 1.807) is 24.3 Å². The van der Waals surface area contributed by atoms with Gasteiger partial charge in [-0.2, -0.15) is 23.1 Å². The molecule has 0 unspecified atom stereocenters. The van der Waals surface area contributed by atoms with Gasteiger partial charge in [0.15, 0.2) is 18.2 Å². The average molecular weight is 438 g/mol. The van der Waals surface area contributed by atoms with Crippen molar-refractivity contribution < 1.29 is 26.7 Å². The molecule has 158 valence electrons. The summed E-state index contributed by atoms with van der Waals surface area (Å²) < 4.78 is 69.3. The van der Waals surface area contributed by atoms with Crippen LogP contribution in [0.1, 0.15) is 12.0 Å². The van der Waals surface area contributed by atoms with Crippen LogP contribution in [0.25, 0.3) is 0 Å². The minimum absolute atomic E-state index is 0.0395. The Morgan fingerprint density at radius 1 is 1.24 bits per heavy atom. The number of halogens is 6. The third-order valence-corrected chi connectivity index (χ3v) is 4.51. The van der Waals surface area contributed by atoms with E-state index in [1.807, 2.05) is 0 Å². The van der Waals surface area contributed by atoms with Crippen molar-refractivity contribution in [2.75, 3.05) is 35.6 Å². The summed E-state index contributed by atoms with van der Waals surface area (Å²) >= 11 is 6.08. The van der Waals surface area contributed by atoms with Crippen molar-refractivity contribution in [2.24, 2.45) is 0 Å². The summed E-state index contributed by atoms with van der Waals surface area (Å²) in [6.07, 6.45) is -5.03. The summed E-state index contributed by atoms with van der Waals surface area (Å²) in [5.41, 5.74) is 6.62. The number of nitrogen functional groups attached to an aromatic ring is 1. The highest BCUT2D eigenvalue weighted by atomic mass is 35.5. The third-order valence-electron chi connectivity index (χ3n) is 4.14. The monoisotopic (exact) mass is 437 g/mol. The number of hydrogen-bond donors (Lipinski definition) is 2. The molecule has 2 heterocycles. The number of ether oxygens (including phenoxy) is 1. The SMILES string of the molecule is Nc1c(NCc2ccccc2Cl)nc(OCC(F)(F)F)nc1N1CCC(F)(F)C1. The van der Waals surface area contributed by atoms with Gasteiger partial charge in [0.05, 0.1) is 6.54 Å². The van der Waals surface area contributed by atoms with Gasteiger partial charge < -0.3 is 20.7 Å². The number of hydrogen-bond acceptors (Lipinski definition) is 6. The molecule has 3 rings (SSSR count). The second-order valence-corrected chi connectivity index (χ2v) is 6.88. The van der Waals surface area contributed by atoms with E-state index in [2.05, 4.69) is 20.0 Å². The molecule has 0 spiro atoms. The lowest BCUT2D eigenvalue weighted by molar-refractivity contribution is -0.154. The van der Waals surface area contributed by atoms with Gasteiger partial charge in [-0.1, -0.05) is 29.8 Å². The fraction of sp³-hybridized carbons (Fsp3) is 0.412. The van der Waals surface area contributed by atoms with Gasteiger partial charge in [0.25, 0.3) is 5.92 Å². The van der Waals surface area contributed by atoms with Crippen LogP contribution in [0.5, 0.6) is 6.01 Å². The van der Waals surface area contributed by atoms with Crippen LogP contribution in [-0.4, -0.2) is 41.8 Å². The summed E-state index contributed by atoms with van der Waals surface area (Å²) in [6.45, 7) is -2.20. The molecular formula is C17H17ClF5N5O. The second kappa shape index (κ2) is 8.05. The Balaban J connectivity index is 1.88. The topological polar surface area (TPSA) is 76.3 Å². The van der Waals surface area contributed by atoms with E-state index in [0.717, 1.165) is 0 Å². The Labute approximate surface area is 167 Å². The van der Waals surface area contributed by atoms with Crippen molar-refractivity contribution in [2.45, 2.75) is 25.1 Å². The van der Waals surface area contributed by atoms with Crippen molar-refractivity contribution in [3.63, 3.8) is 0 Å². The minimum Gasteiger partial charge on any atom is -0.454 e. The van der Waals surface area contributed by atoms with E-state index in [1.165, 1.54) is 4.90 Å². The van der Waals surface area contributed by atoms with E-state index in [9.17, 15) is 22.0 Å². The summed E-state index contributed by atoms with van der Waals surface area (Å²) in [6, 6.07) is 6.26. The van der Waals surface area contributed by atoms with Gasteiger partial charge in [-0.05, 0) is 11.6 Å². The van der Waals surface area contributed by atoms with Crippen LogP contribution >= 0.6 is 11.6 Å². The first kappa shape index (κ1) is 21.2. The number of nitrogens with zero attached hydrogens (tertiary/aromatic N) is 3. The molecule has 1 aromatic heterocycles. The molecule has 1 aromatic carbocycles. The van der Waals surface area contributed by atoms with Crippen molar-refractivity contribution in [3.8, 4) is 6.01 Å². The van der Waals surface area contributed by atoms with Gasteiger partial charge in [0.1, 0.15) is 5.69 Å². The molecule has 12 heteroatoms. The first-order valence-corrected chi connectivity index (χ1v) is 8.89. The number of aromatic nitrogens is 2. The molecular weight excluding hydrogens is 421 g/mol. The van der Waals surface area contributed by atoms with Crippen LogP contribution in [0, 0.1) is 0 Å². The van der Waals surface area contributed by atoms with Gasteiger partial charge >= 0.3 is 12.2 Å². The van der Waals surface area contributed by atoms with Crippen LogP contribution in [0.4, 0.5) is 39.3 Å². The minimum atomic E-state index is -4.61. The van der Waals surface area contributed by atoms with E-state index >= 15 is 0 Å². The van der Waals surface area contributed by atoms with Crippen molar-refractivity contribution in [3.05, 3.63) is 34.9 Å². The fourth-order valence-corrected chi connectivity index (χ4v) is 2.96. The number of rotatable bonds is 6. The second-order valence-electron chi connectivity index (χ2n) is 6.47. The predicted octanol–water partition coefficient (Wildman–Crippen LogP) is 4.11. The molecule has 0 atom stereocenters. The maximum absolute atomic E-state index is 13.6. The highest BCUT2D eigenvalue weighted by molar-refractivity contribution is 6.31. The highest BCUT2D eigenvalue weighted by Crippen LogP contribution is 2.36. The molecule has 1 aliphatic rings. The van der Waals surface area contributed by atoms with Crippen LogP contribution < -0.4 is 20.7 Å². The van der Waals surface area contributed by atoms with Crippen LogP contribution in [-0.2, 0) is 6.54 Å². The molecule has 1 saturated heterocycles. The van der Waals surface area contributed by atoms with Gasteiger partial charge in [-0.15, -0.1) is 0 Å². The lowest BCUT2D eigenvalue weighted by Gasteiger charge is -2.21. The molecule has 0 bridgehead atoms. The van der Waals surface area contributed by atoms with Crippen molar-refractivity contribution >= 4 is 28.9 Å². The lowest BCUT2D eigenvalue weighted by Crippen LogP contribution is -2.27. The molecule has 0 aliphatic carbocycles. The Morgan fingerprint density at radius 2 is 1.97 bits per heavy atom. The Morgan fingerprint density at radius 3 is 2.59 bits per heavy atom. The Hall–Kier alpha value is -2.56. The molecule has 3 N–H and O–H groups in total. The largest absolute Gasteiger partial charge is 0.454 e. The predicted molar refractivity (Wildman–Crippen MR) is 98.6 cm³/mol. The van der Waals surface area contributed by atoms with Crippen molar-refractivity contribution in [1.82, 2.24) is 9.97 Å². The smallest absolute Gasteiger partial charge is 0.422 e. The summed E-state index contributed by atoms with van der Waals surface area (Å²) in [5, 5.41) is 3.32. The van der Waals surface area contributed by atoms with E-state index < -0.39 is 37.7 Å². The van der Waals surface area contributed by atoms with E-state index in [-0.39, 0.29) is 30.4 Å². The van der Waals surface area contributed by atoms with E-state index in [0.29, 0.717) is 10.6 Å². The van der Waals surface area contributed by atoms with Crippen LogP contribution in [0.2, 0.25) is 5.02 Å². The molecule has 29 heavy (non-hydrogen) atoms. The normalized spacial score (nSPS) is 16.1. The first-order valence-electron chi connectivity index (χ1n) is 8.51. The highest BCUT2D eigenvalue weighted by Gasteiger charge is 2.40. The maximum Gasteiger partial charge on any atom is 0.422 e. The average Bonchev–Trinajstić information content (AvgIpc) is 3.00. The number of benzene rings is 1. The molecule has 2 aromatic rings. The quantitative estimate of drug-likeness (QED) is 0.662. The zero-order valence-corrected chi connectivity index (χ0v) is 15.7. The maximum atomic E-state index is 13.6. The fourth-order valence-electron chi connectivity index (χ4n) is 2.76. The molecule has 0 amide bonds.